The van der Waals surface area contributed by atoms with Crippen molar-refractivity contribution in [3.8, 4) is 5.75 Å². The van der Waals surface area contributed by atoms with E-state index in [9.17, 15) is 8.42 Å². The van der Waals surface area contributed by atoms with Crippen LogP contribution in [0.1, 0.15) is 10.4 Å². The first-order valence-corrected chi connectivity index (χ1v) is 14.0. The molecule has 0 aliphatic carbocycles. The van der Waals surface area contributed by atoms with E-state index in [-0.39, 0.29) is 9.92 Å². The van der Waals surface area contributed by atoms with Gasteiger partial charge in [-0.25, -0.2) is 8.42 Å². The van der Waals surface area contributed by atoms with Crippen molar-refractivity contribution < 1.29 is 13.2 Å². The van der Waals surface area contributed by atoms with E-state index in [2.05, 4.69) is 46.5 Å². The first kappa shape index (κ1) is 25.2. The van der Waals surface area contributed by atoms with Crippen LogP contribution in [0.25, 0.3) is 0 Å². The van der Waals surface area contributed by atoms with Crippen LogP contribution < -0.4 is 4.74 Å². The number of sulfonamides is 1. The van der Waals surface area contributed by atoms with Crippen molar-refractivity contribution in [2.45, 2.75) is 18.0 Å². The maximum absolute atomic E-state index is 12.9. The van der Waals surface area contributed by atoms with E-state index in [0.717, 1.165) is 25.4 Å². The van der Waals surface area contributed by atoms with Gasteiger partial charge in [-0.15, -0.1) is 11.3 Å². The van der Waals surface area contributed by atoms with Gasteiger partial charge in [0.25, 0.3) is 0 Å². The number of hydrogen-bond acceptors (Lipinski definition) is 6. The van der Waals surface area contributed by atoms with Gasteiger partial charge in [-0.1, -0.05) is 41.9 Å². The predicted molar refractivity (Wildman–Crippen MR) is 138 cm³/mol. The average molecular weight is 520 g/mol. The van der Waals surface area contributed by atoms with Crippen molar-refractivity contribution in [2.75, 3.05) is 46.4 Å². The van der Waals surface area contributed by atoms with Crippen molar-refractivity contribution in [2.24, 2.45) is 0 Å². The molecule has 9 heteroatoms. The summed E-state index contributed by atoms with van der Waals surface area (Å²) in [5.41, 5.74) is 1.22. The summed E-state index contributed by atoms with van der Waals surface area (Å²) in [6, 6.07) is 19.1. The van der Waals surface area contributed by atoms with Crippen molar-refractivity contribution in [1.29, 1.82) is 0 Å². The largest absolute Gasteiger partial charge is 0.492 e. The number of thiophene rings is 1. The summed E-state index contributed by atoms with van der Waals surface area (Å²) in [6.07, 6.45) is 0. The molecule has 6 nitrogen and oxygen atoms in total. The van der Waals surface area contributed by atoms with Crippen LogP contribution in [0.3, 0.4) is 0 Å². The number of nitrogens with zero attached hydrogens (tertiary/aromatic N) is 3. The van der Waals surface area contributed by atoms with Crippen LogP contribution in [0.2, 0.25) is 5.02 Å². The Bertz CT molecular complexity index is 1160. The Labute approximate surface area is 211 Å². The lowest BCUT2D eigenvalue weighted by atomic mass is 10.2. The number of hydrogen-bond donors (Lipinski definition) is 0. The summed E-state index contributed by atoms with van der Waals surface area (Å²) >= 11 is 7.90. The Balaban J connectivity index is 1.22. The smallest absolute Gasteiger partial charge is 0.244 e. The molecule has 1 aliphatic rings. The molecule has 3 aromatic rings. The third kappa shape index (κ3) is 6.59. The van der Waals surface area contributed by atoms with E-state index in [0.29, 0.717) is 32.8 Å². The second-order valence-corrected chi connectivity index (χ2v) is 11.8. The molecule has 2 aromatic carbocycles. The highest BCUT2D eigenvalue weighted by atomic mass is 35.5. The third-order valence-electron chi connectivity index (χ3n) is 5.82. The number of piperazine rings is 1. The first-order valence-electron chi connectivity index (χ1n) is 11.3. The molecular formula is C25H30ClN3O3S2. The van der Waals surface area contributed by atoms with Crippen molar-refractivity contribution >= 4 is 33.0 Å². The zero-order chi connectivity index (χ0) is 24.0. The molecule has 0 radical (unpaired) electrons. The Morgan fingerprint density at radius 3 is 2.53 bits per heavy atom. The summed E-state index contributed by atoms with van der Waals surface area (Å²) in [4.78, 5) is 6.06. The summed E-state index contributed by atoms with van der Waals surface area (Å²) in [5.74, 6) is 0.863. The van der Waals surface area contributed by atoms with E-state index in [1.165, 1.54) is 14.7 Å². The second-order valence-electron chi connectivity index (χ2n) is 8.42. The molecule has 1 fully saturated rings. The number of rotatable bonds is 10. The molecule has 0 spiro atoms. The highest BCUT2D eigenvalue weighted by Gasteiger charge is 2.29. The van der Waals surface area contributed by atoms with Gasteiger partial charge in [0.05, 0.1) is 5.02 Å². The molecule has 0 N–H and O–H groups in total. The van der Waals surface area contributed by atoms with E-state index in [1.54, 1.807) is 35.6 Å². The minimum Gasteiger partial charge on any atom is -0.492 e. The lowest BCUT2D eigenvalue weighted by Gasteiger charge is -2.34. The summed E-state index contributed by atoms with van der Waals surface area (Å²) in [5, 5.41) is 2.37. The summed E-state index contributed by atoms with van der Waals surface area (Å²) in [7, 11) is -1.45. The molecule has 1 aliphatic heterocycles. The standard InChI is InChI=1S/C25H30ClN3O3S2/c1-27(20-23-8-5-17-33-23)19-21-6-4-7-22(18-21)32-16-15-28-11-13-29(14-12-28)34(30,31)25-10-3-2-9-24(25)26/h2-10,17-18H,11-16,19-20H2,1H3. The van der Waals surface area contributed by atoms with Crippen LogP contribution in [-0.4, -0.2) is 68.9 Å². The third-order valence-corrected chi connectivity index (χ3v) is 9.08. The van der Waals surface area contributed by atoms with E-state index in [4.69, 9.17) is 16.3 Å². The zero-order valence-electron chi connectivity index (χ0n) is 19.3. The molecule has 182 valence electrons. The highest BCUT2D eigenvalue weighted by Crippen LogP contribution is 2.25. The fourth-order valence-corrected chi connectivity index (χ4v) is 6.75. The lowest BCUT2D eigenvalue weighted by Crippen LogP contribution is -2.49. The summed E-state index contributed by atoms with van der Waals surface area (Å²) < 4.78 is 33.3. The fraction of sp³-hybridized carbons (Fsp3) is 0.360. The van der Waals surface area contributed by atoms with Crippen molar-refractivity contribution in [3.05, 3.63) is 81.5 Å². The van der Waals surface area contributed by atoms with Crippen LogP contribution in [0.15, 0.2) is 70.9 Å². The molecule has 4 rings (SSSR count). The van der Waals surface area contributed by atoms with Gasteiger partial charge >= 0.3 is 0 Å². The maximum atomic E-state index is 12.9. The Kier molecular flexibility index (Phi) is 8.63. The topological polar surface area (TPSA) is 53.1 Å². The summed E-state index contributed by atoms with van der Waals surface area (Å²) in [6.45, 7) is 5.33. The minimum atomic E-state index is -3.57. The van der Waals surface area contributed by atoms with Crippen molar-refractivity contribution in [1.82, 2.24) is 14.1 Å². The molecule has 2 heterocycles. The molecule has 0 unspecified atom stereocenters. The van der Waals surface area contributed by atoms with E-state index >= 15 is 0 Å². The lowest BCUT2D eigenvalue weighted by molar-refractivity contribution is 0.159. The first-order chi connectivity index (χ1) is 16.4. The van der Waals surface area contributed by atoms with Gasteiger partial charge < -0.3 is 4.74 Å². The fourth-order valence-electron chi connectivity index (χ4n) is 4.05. The average Bonchev–Trinajstić information content (AvgIpc) is 3.33. The van der Waals surface area contributed by atoms with Gasteiger partial charge in [-0.2, -0.15) is 4.31 Å². The SMILES string of the molecule is CN(Cc1cccc(OCCN2CCN(S(=O)(=O)c3ccccc3Cl)CC2)c1)Cc1cccs1. The number of halogens is 1. The Hall–Kier alpha value is -1.94. The van der Waals surface area contributed by atoms with Gasteiger partial charge in [-0.3, -0.25) is 9.80 Å². The molecule has 34 heavy (non-hydrogen) atoms. The molecule has 1 saturated heterocycles. The number of ether oxygens (including phenoxy) is 1. The Morgan fingerprint density at radius 1 is 1.00 bits per heavy atom. The van der Waals surface area contributed by atoms with E-state index < -0.39 is 10.0 Å². The normalized spacial score (nSPS) is 15.6. The highest BCUT2D eigenvalue weighted by molar-refractivity contribution is 7.89. The van der Waals surface area contributed by atoms with Crippen LogP contribution in [0.5, 0.6) is 5.75 Å². The molecule has 0 bridgehead atoms. The molecule has 0 atom stereocenters. The molecular weight excluding hydrogens is 490 g/mol. The second kappa shape index (κ2) is 11.7. The predicted octanol–water partition coefficient (Wildman–Crippen LogP) is 4.42. The Morgan fingerprint density at radius 2 is 1.79 bits per heavy atom. The van der Waals surface area contributed by atoms with Gasteiger partial charge in [0.1, 0.15) is 17.3 Å². The molecule has 0 amide bonds. The van der Waals surface area contributed by atoms with Crippen LogP contribution in [0.4, 0.5) is 0 Å². The molecule has 1 aromatic heterocycles. The van der Waals surface area contributed by atoms with Gasteiger partial charge in [0, 0.05) is 50.7 Å². The minimum absolute atomic E-state index is 0.175. The number of benzene rings is 2. The maximum Gasteiger partial charge on any atom is 0.244 e. The molecule has 0 saturated carbocycles. The van der Waals surface area contributed by atoms with Gasteiger partial charge in [0.2, 0.25) is 10.0 Å². The van der Waals surface area contributed by atoms with Crippen molar-refractivity contribution in [3.63, 3.8) is 0 Å². The van der Waals surface area contributed by atoms with E-state index in [1.807, 2.05) is 12.1 Å². The van der Waals surface area contributed by atoms with Crippen LogP contribution in [-0.2, 0) is 23.1 Å². The monoisotopic (exact) mass is 519 g/mol. The van der Waals surface area contributed by atoms with Crippen LogP contribution in [0, 0.1) is 0 Å². The van der Waals surface area contributed by atoms with Gasteiger partial charge in [0.15, 0.2) is 0 Å². The zero-order valence-corrected chi connectivity index (χ0v) is 21.7. The van der Waals surface area contributed by atoms with Gasteiger partial charge in [-0.05, 0) is 48.3 Å². The quantitative estimate of drug-likeness (QED) is 0.397. The van der Waals surface area contributed by atoms with Crippen LogP contribution >= 0.6 is 22.9 Å².